The van der Waals surface area contributed by atoms with Crippen molar-refractivity contribution in [3.8, 4) is 0 Å². The van der Waals surface area contributed by atoms with Crippen LogP contribution in [0.3, 0.4) is 0 Å². The fraction of sp³-hybridized carbons (Fsp3) is 0.625. The van der Waals surface area contributed by atoms with Crippen molar-refractivity contribution in [1.29, 1.82) is 0 Å². The lowest BCUT2D eigenvalue weighted by molar-refractivity contribution is -0.158. The molecule has 2 aliphatic carbocycles. The maximum Gasteiger partial charge on any atom is 0.333 e. The molecule has 0 radical (unpaired) electrons. The van der Waals surface area contributed by atoms with Gasteiger partial charge in [-0.2, -0.15) is 0 Å². The molecule has 0 aromatic rings. The Labute approximate surface area is 183 Å². The number of hydrogen-bond acceptors (Lipinski definition) is 6. The van der Waals surface area contributed by atoms with Crippen LogP contribution in [0.15, 0.2) is 36.5 Å². The lowest BCUT2D eigenvalue weighted by Gasteiger charge is -2.41. The molecule has 2 rings (SSSR count). The van der Waals surface area contributed by atoms with Gasteiger partial charge in [0.05, 0.1) is 0 Å². The van der Waals surface area contributed by atoms with E-state index in [1.807, 2.05) is 0 Å². The SMILES string of the molecule is C=C(C)C(=O)OC1CC(OC(=O)C(=C)C)CC([C@@H]2CCC(OC(=O)C(=C)C)C(F)C2)C1. The monoisotopic (exact) mass is 436 g/mol. The van der Waals surface area contributed by atoms with Gasteiger partial charge in [0.2, 0.25) is 0 Å². The van der Waals surface area contributed by atoms with Crippen LogP contribution in [-0.4, -0.2) is 42.4 Å². The van der Waals surface area contributed by atoms with Gasteiger partial charge < -0.3 is 14.2 Å². The minimum atomic E-state index is -1.28. The van der Waals surface area contributed by atoms with Crippen molar-refractivity contribution in [2.45, 2.75) is 83.8 Å². The summed E-state index contributed by atoms with van der Waals surface area (Å²) in [6, 6.07) is 0. The third kappa shape index (κ3) is 7.04. The Hall–Kier alpha value is -2.44. The highest BCUT2D eigenvalue weighted by Gasteiger charge is 2.41. The Balaban J connectivity index is 2.06. The summed E-state index contributed by atoms with van der Waals surface area (Å²) in [6.07, 6.45) is -0.113. The summed E-state index contributed by atoms with van der Waals surface area (Å²) >= 11 is 0. The normalized spacial score (nSPS) is 30.6. The van der Waals surface area contributed by atoms with E-state index in [0.717, 1.165) is 0 Å². The lowest BCUT2D eigenvalue weighted by Crippen LogP contribution is -2.42. The zero-order valence-electron chi connectivity index (χ0n) is 18.7. The van der Waals surface area contributed by atoms with Gasteiger partial charge >= 0.3 is 17.9 Å². The molecule has 0 spiro atoms. The van der Waals surface area contributed by atoms with Crippen molar-refractivity contribution in [2.75, 3.05) is 0 Å². The summed E-state index contributed by atoms with van der Waals surface area (Å²) in [7, 11) is 0. The molecule has 2 saturated carbocycles. The molecule has 2 aliphatic rings. The smallest absolute Gasteiger partial charge is 0.333 e. The molecule has 7 heteroatoms. The van der Waals surface area contributed by atoms with Crippen LogP contribution in [0, 0.1) is 11.8 Å². The average Bonchev–Trinajstić information content (AvgIpc) is 2.68. The molecule has 0 aromatic heterocycles. The summed E-state index contributed by atoms with van der Waals surface area (Å²) in [5, 5.41) is 0. The highest BCUT2D eigenvalue weighted by Crippen LogP contribution is 2.41. The molecule has 0 N–H and O–H groups in total. The van der Waals surface area contributed by atoms with Crippen LogP contribution in [0.5, 0.6) is 0 Å². The molecular formula is C24H33FO6. The molecule has 31 heavy (non-hydrogen) atoms. The minimum absolute atomic E-state index is 0.00661. The molecule has 4 unspecified atom stereocenters. The highest BCUT2D eigenvalue weighted by molar-refractivity contribution is 5.88. The number of ether oxygens (including phenoxy) is 3. The lowest BCUT2D eigenvalue weighted by atomic mass is 9.71. The number of carbonyl (C=O) groups excluding carboxylic acids is 3. The standard InChI is InChI=1S/C24H33FO6/c1-13(2)22(26)29-18-9-17(10-19(12-18)30-23(27)14(3)4)16-7-8-21(20(25)11-16)31-24(28)15(5)6/h16-21H,1,3,5,7-12H2,2,4,6H3/t16-,17?,18?,19?,20?,21?/m1/s1. The van der Waals surface area contributed by atoms with Crippen LogP contribution in [0.25, 0.3) is 0 Å². The quantitative estimate of drug-likeness (QED) is 0.335. The first-order valence-electron chi connectivity index (χ1n) is 10.7. The van der Waals surface area contributed by atoms with Crippen LogP contribution < -0.4 is 0 Å². The van der Waals surface area contributed by atoms with Gasteiger partial charge in [-0.05, 0) is 64.7 Å². The number of halogens is 1. The van der Waals surface area contributed by atoms with Crippen LogP contribution in [-0.2, 0) is 28.6 Å². The average molecular weight is 437 g/mol. The molecule has 0 heterocycles. The highest BCUT2D eigenvalue weighted by atomic mass is 19.1. The van der Waals surface area contributed by atoms with Gasteiger partial charge in [-0.25, -0.2) is 18.8 Å². The molecular weight excluding hydrogens is 403 g/mol. The molecule has 172 valence electrons. The topological polar surface area (TPSA) is 78.9 Å². The molecule has 2 fully saturated rings. The maximum atomic E-state index is 14.8. The van der Waals surface area contributed by atoms with E-state index in [4.69, 9.17) is 14.2 Å². The van der Waals surface area contributed by atoms with Crippen LogP contribution in [0.1, 0.15) is 59.3 Å². The molecule has 5 atom stereocenters. The van der Waals surface area contributed by atoms with E-state index in [1.165, 1.54) is 6.92 Å². The van der Waals surface area contributed by atoms with E-state index in [0.29, 0.717) is 43.3 Å². The first-order valence-corrected chi connectivity index (χ1v) is 10.7. The van der Waals surface area contributed by atoms with Gasteiger partial charge in [0.15, 0.2) is 0 Å². The summed E-state index contributed by atoms with van der Waals surface area (Å²) in [6.45, 7) is 15.4. The molecule has 0 saturated heterocycles. The summed E-state index contributed by atoms with van der Waals surface area (Å²) < 4.78 is 31.1. The molecule has 0 aliphatic heterocycles. The number of hydrogen-bond donors (Lipinski definition) is 0. The van der Waals surface area contributed by atoms with Crippen molar-refractivity contribution in [2.24, 2.45) is 11.8 Å². The van der Waals surface area contributed by atoms with Crippen molar-refractivity contribution < 1.29 is 33.0 Å². The summed E-state index contributed by atoms with van der Waals surface area (Å²) in [5.41, 5.74) is 0.827. The van der Waals surface area contributed by atoms with Crippen LogP contribution in [0.4, 0.5) is 4.39 Å². The van der Waals surface area contributed by atoms with Gasteiger partial charge in [-0.15, -0.1) is 0 Å². The largest absolute Gasteiger partial charge is 0.459 e. The van der Waals surface area contributed by atoms with E-state index in [2.05, 4.69) is 19.7 Å². The van der Waals surface area contributed by atoms with E-state index >= 15 is 0 Å². The van der Waals surface area contributed by atoms with Crippen LogP contribution >= 0.6 is 0 Å². The van der Waals surface area contributed by atoms with Gasteiger partial charge in [0.1, 0.15) is 24.5 Å². The third-order valence-electron chi connectivity index (χ3n) is 5.93. The number of rotatable bonds is 7. The minimum Gasteiger partial charge on any atom is -0.459 e. The summed E-state index contributed by atoms with van der Waals surface area (Å²) in [5.74, 6) is -1.55. The van der Waals surface area contributed by atoms with E-state index in [1.54, 1.807) is 13.8 Å². The van der Waals surface area contributed by atoms with Gasteiger partial charge in [0, 0.05) is 23.1 Å². The zero-order chi connectivity index (χ0) is 23.3. The fourth-order valence-corrected chi connectivity index (χ4v) is 4.26. The van der Waals surface area contributed by atoms with Gasteiger partial charge in [-0.1, -0.05) is 19.7 Å². The number of alkyl halides is 1. The Morgan fingerprint density at radius 1 is 0.677 bits per heavy atom. The predicted octanol–water partition coefficient (Wildman–Crippen LogP) is 4.39. The van der Waals surface area contributed by atoms with Crippen molar-refractivity contribution in [3.05, 3.63) is 36.5 Å². The van der Waals surface area contributed by atoms with Crippen LogP contribution in [0.2, 0.25) is 0 Å². The Morgan fingerprint density at radius 2 is 1.13 bits per heavy atom. The number of esters is 3. The van der Waals surface area contributed by atoms with Crippen molar-refractivity contribution >= 4 is 17.9 Å². The second kappa shape index (κ2) is 10.7. The first-order chi connectivity index (χ1) is 14.5. The van der Waals surface area contributed by atoms with E-state index in [-0.39, 0.29) is 23.8 Å². The Bertz CT molecular complexity index is 721. The summed E-state index contributed by atoms with van der Waals surface area (Å²) in [4.78, 5) is 35.8. The van der Waals surface area contributed by atoms with E-state index in [9.17, 15) is 18.8 Å². The number of carbonyl (C=O) groups is 3. The molecule has 0 amide bonds. The second-order valence-electron chi connectivity index (χ2n) is 8.90. The second-order valence-corrected chi connectivity index (χ2v) is 8.90. The predicted molar refractivity (Wildman–Crippen MR) is 114 cm³/mol. The first kappa shape index (κ1) is 24.8. The molecule has 0 bridgehead atoms. The molecule has 6 nitrogen and oxygen atoms in total. The van der Waals surface area contributed by atoms with Gasteiger partial charge in [-0.3, -0.25) is 0 Å². The van der Waals surface area contributed by atoms with E-state index < -0.39 is 42.4 Å². The van der Waals surface area contributed by atoms with Crippen molar-refractivity contribution in [1.82, 2.24) is 0 Å². The Morgan fingerprint density at radius 3 is 1.55 bits per heavy atom. The van der Waals surface area contributed by atoms with Crippen molar-refractivity contribution in [3.63, 3.8) is 0 Å². The fourth-order valence-electron chi connectivity index (χ4n) is 4.26. The zero-order valence-corrected chi connectivity index (χ0v) is 18.7. The van der Waals surface area contributed by atoms with Gasteiger partial charge in [0.25, 0.3) is 0 Å². The maximum absolute atomic E-state index is 14.8. The molecule has 0 aromatic carbocycles. The third-order valence-corrected chi connectivity index (χ3v) is 5.93. The Kier molecular flexibility index (Phi) is 8.60.